The fraction of sp³-hybridized carbons (Fsp3) is 0.174. The zero-order valence-corrected chi connectivity index (χ0v) is 17.2. The fourth-order valence-electron chi connectivity index (χ4n) is 2.99. The minimum Gasteiger partial charge on any atom is -0.351 e. The van der Waals surface area contributed by atoms with Crippen LogP contribution in [-0.2, 0) is 10.0 Å². The van der Waals surface area contributed by atoms with Gasteiger partial charge in [0.05, 0.1) is 4.90 Å². The second-order valence-corrected chi connectivity index (χ2v) is 8.62. The Morgan fingerprint density at radius 3 is 2.21 bits per heavy atom. The molecule has 1 amide bonds. The van der Waals surface area contributed by atoms with Crippen molar-refractivity contribution in [1.29, 1.82) is 0 Å². The van der Waals surface area contributed by atoms with Crippen molar-refractivity contribution in [2.24, 2.45) is 0 Å². The molecule has 0 saturated carbocycles. The van der Waals surface area contributed by atoms with Crippen molar-refractivity contribution in [3.63, 3.8) is 0 Å². The van der Waals surface area contributed by atoms with Gasteiger partial charge in [-0.25, -0.2) is 8.42 Å². The van der Waals surface area contributed by atoms with Crippen LogP contribution in [0, 0.1) is 6.92 Å². The molecule has 0 aliphatic rings. The standard InChI is InChI=1S/C23H24N2O3S/c1-17-13-14-20(23(26)24-16-18(2)19-9-5-3-6-10-19)15-22(17)29(27,28)25-21-11-7-4-8-12-21/h3-15,18,25H,16H2,1-2H3,(H,24,26). The monoisotopic (exact) mass is 408 g/mol. The number of hydrogen-bond acceptors (Lipinski definition) is 3. The van der Waals surface area contributed by atoms with Crippen LogP contribution in [0.3, 0.4) is 0 Å². The van der Waals surface area contributed by atoms with Gasteiger partial charge in [0.2, 0.25) is 0 Å². The average Bonchev–Trinajstić information content (AvgIpc) is 2.73. The molecule has 0 aliphatic heterocycles. The molecule has 3 aromatic carbocycles. The molecule has 0 aliphatic carbocycles. The first kappa shape index (κ1) is 20.6. The lowest BCUT2D eigenvalue weighted by atomic mass is 10.0. The van der Waals surface area contributed by atoms with Crippen molar-refractivity contribution in [2.45, 2.75) is 24.7 Å². The van der Waals surface area contributed by atoms with Crippen LogP contribution in [0.4, 0.5) is 5.69 Å². The SMILES string of the molecule is Cc1ccc(C(=O)NCC(C)c2ccccc2)cc1S(=O)(=O)Nc1ccccc1. The highest BCUT2D eigenvalue weighted by molar-refractivity contribution is 7.92. The molecule has 0 radical (unpaired) electrons. The Bertz CT molecular complexity index is 1080. The fourth-order valence-corrected chi connectivity index (χ4v) is 4.32. The number of sulfonamides is 1. The van der Waals surface area contributed by atoms with Gasteiger partial charge in [-0.2, -0.15) is 0 Å². The maximum atomic E-state index is 12.8. The van der Waals surface area contributed by atoms with E-state index in [0.717, 1.165) is 5.56 Å². The van der Waals surface area contributed by atoms with Crippen LogP contribution in [0.15, 0.2) is 83.8 Å². The number of benzene rings is 3. The quantitative estimate of drug-likeness (QED) is 0.611. The largest absolute Gasteiger partial charge is 0.351 e. The molecule has 1 unspecified atom stereocenters. The summed E-state index contributed by atoms with van der Waals surface area (Å²) in [7, 11) is -3.80. The Balaban J connectivity index is 1.75. The summed E-state index contributed by atoms with van der Waals surface area (Å²) in [5.41, 5.74) is 2.48. The summed E-state index contributed by atoms with van der Waals surface area (Å²) in [6.07, 6.45) is 0. The highest BCUT2D eigenvalue weighted by Crippen LogP contribution is 2.21. The van der Waals surface area contributed by atoms with Crippen molar-refractivity contribution < 1.29 is 13.2 Å². The molecular formula is C23H24N2O3S. The van der Waals surface area contributed by atoms with Crippen LogP contribution in [0.5, 0.6) is 0 Å². The smallest absolute Gasteiger partial charge is 0.262 e. The summed E-state index contributed by atoms with van der Waals surface area (Å²) in [4.78, 5) is 12.7. The lowest BCUT2D eigenvalue weighted by Crippen LogP contribution is -2.28. The molecule has 0 spiro atoms. The lowest BCUT2D eigenvalue weighted by Gasteiger charge is -2.14. The van der Waals surface area contributed by atoms with Crippen LogP contribution in [-0.4, -0.2) is 20.9 Å². The van der Waals surface area contributed by atoms with E-state index in [9.17, 15) is 13.2 Å². The highest BCUT2D eigenvalue weighted by Gasteiger charge is 2.19. The molecule has 1 atom stereocenters. The third kappa shape index (κ3) is 5.23. The molecule has 5 nitrogen and oxygen atoms in total. The Labute approximate surface area is 171 Å². The van der Waals surface area contributed by atoms with E-state index < -0.39 is 10.0 Å². The van der Waals surface area contributed by atoms with E-state index in [1.807, 2.05) is 43.3 Å². The van der Waals surface area contributed by atoms with Gasteiger partial charge in [-0.15, -0.1) is 0 Å². The van der Waals surface area contributed by atoms with Crippen molar-refractivity contribution in [1.82, 2.24) is 5.32 Å². The van der Waals surface area contributed by atoms with Crippen LogP contribution in [0.1, 0.15) is 34.3 Å². The van der Waals surface area contributed by atoms with Crippen LogP contribution < -0.4 is 10.0 Å². The van der Waals surface area contributed by atoms with Gasteiger partial charge in [0, 0.05) is 17.8 Å². The van der Waals surface area contributed by atoms with Gasteiger partial charge < -0.3 is 5.32 Å². The minimum absolute atomic E-state index is 0.0881. The highest BCUT2D eigenvalue weighted by atomic mass is 32.2. The maximum Gasteiger partial charge on any atom is 0.262 e. The number of carbonyl (C=O) groups is 1. The second-order valence-electron chi connectivity index (χ2n) is 6.97. The van der Waals surface area contributed by atoms with Crippen molar-refractivity contribution >= 4 is 21.6 Å². The number of hydrogen-bond donors (Lipinski definition) is 2. The van der Waals surface area contributed by atoms with E-state index in [1.165, 1.54) is 6.07 Å². The van der Waals surface area contributed by atoms with Crippen LogP contribution in [0.2, 0.25) is 0 Å². The zero-order chi connectivity index (χ0) is 20.9. The maximum absolute atomic E-state index is 12.8. The lowest BCUT2D eigenvalue weighted by molar-refractivity contribution is 0.0951. The van der Waals surface area contributed by atoms with Gasteiger partial charge in [0.1, 0.15) is 0 Å². The van der Waals surface area contributed by atoms with Crippen LogP contribution >= 0.6 is 0 Å². The minimum atomic E-state index is -3.80. The number of amides is 1. The third-order valence-corrected chi connectivity index (χ3v) is 6.23. The van der Waals surface area contributed by atoms with Gasteiger partial charge in [0.15, 0.2) is 0 Å². The number of anilines is 1. The first-order chi connectivity index (χ1) is 13.9. The summed E-state index contributed by atoms with van der Waals surface area (Å²) in [6, 6.07) is 23.3. The van der Waals surface area contributed by atoms with Gasteiger partial charge in [-0.3, -0.25) is 9.52 Å². The van der Waals surface area contributed by atoms with Crippen LogP contribution in [0.25, 0.3) is 0 Å². The normalized spacial score (nSPS) is 12.2. The Morgan fingerprint density at radius 2 is 1.55 bits per heavy atom. The van der Waals surface area contributed by atoms with Crippen molar-refractivity contribution in [3.05, 3.63) is 95.6 Å². The van der Waals surface area contributed by atoms with E-state index in [2.05, 4.69) is 10.0 Å². The Hall–Kier alpha value is -3.12. The van der Waals surface area contributed by atoms with E-state index in [-0.39, 0.29) is 16.7 Å². The summed E-state index contributed by atoms with van der Waals surface area (Å²) >= 11 is 0. The third-order valence-electron chi connectivity index (χ3n) is 4.70. The van der Waals surface area contributed by atoms with E-state index in [0.29, 0.717) is 23.4 Å². The molecule has 0 aromatic heterocycles. The molecule has 0 saturated heterocycles. The zero-order valence-electron chi connectivity index (χ0n) is 16.4. The first-order valence-electron chi connectivity index (χ1n) is 9.38. The summed E-state index contributed by atoms with van der Waals surface area (Å²) in [5.74, 6) is -0.155. The van der Waals surface area contributed by atoms with Gasteiger partial charge >= 0.3 is 0 Å². The number of nitrogens with one attached hydrogen (secondary N) is 2. The summed E-state index contributed by atoms with van der Waals surface area (Å²) < 4.78 is 28.2. The second kappa shape index (κ2) is 8.92. The van der Waals surface area contributed by atoms with Crippen molar-refractivity contribution in [2.75, 3.05) is 11.3 Å². The predicted octanol–water partition coefficient (Wildman–Crippen LogP) is 4.33. The first-order valence-corrected chi connectivity index (χ1v) is 10.9. The molecule has 150 valence electrons. The molecule has 29 heavy (non-hydrogen) atoms. The number of aryl methyl sites for hydroxylation is 1. The van der Waals surface area contributed by atoms with E-state index in [4.69, 9.17) is 0 Å². The average molecular weight is 409 g/mol. The molecule has 0 heterocycles. The molecule has 0 fully saturated rings. The molecule has 3 rings (SSSR count). The predicted molar refractivity (Wildman–Crippen MR) is 116 cm³/mol. The number of carbonyl (C=O) groups excluding carboxylic acids is 1. The Kier molecular flexibility index (Phi) is 6.34. The molecule has 0 bridgehead atoms. The summed E-state index contributed by atoms with van der Waals surface area (Å²) in [6.45, 7) is 4.20. The molecule has 3 aromatic rings. The van der Waals surface area contributed by atoms with E-state index in [1.54, 1.807) is 43.3 Å². The summed E-state index contributed by atoms with van der Waals surface area (Å²) in [5, 5.41) is 2.89. The van der Waals surface area contributed by atoms with Gasteiger partial charge in [-0.05, 0) is 48.2 Å². The van der Waals surface area contributed by atoms with Crippen molar-refractivity contribution in [3.8, 4) is 0 Å². The number of para-hydroxylation sites is 1. The molecule has 6 heteroatoms. The van der Waals surface area contributed by atoms with Gasteiger partial charge in [0.25, 0.3) is 15.9 Å². The molecular weight excluding hydrogens is 384 g/mol. The topological polar surface area (TPSA) is 75.3 Å². The Morgan fingerprint density at radius 1 is 0.931 bits per heavy atom. The van der Waals surface area contributed by atoms with E-state index >= 15 is 0 Å². The van der Waals surface area contributed by atoms with Gasteiger partial charge in [-0.1, -0.05) is 61.5 Å². The number of rotatable bonds is 7. The molecule has 2 N–H and O–H groups in total.